The Labute approximate surface area is 150 Å². The second kappa shape index (κ2) is 7.83. The topological polar surface area (TPSA) is 63.5 Å². The zero-order chi connectivity index (χ0) is 17.8. The largest absolute Gasteiger partial charge is 0.354 e. The van der Waals surface area contributed by atoms with Crippen LogP contribution in [0.3, 0.4) is 0 Å². The first-order valence-electron chi connectivity index (χ1n) is 9.23. The molecule has 0 aliphatic carbocycles. The van der Waals surface area contributed by atoms with Crippen molar-refractivity contribution in [3.63, 3.8) is 0 Å². The molecule has 0 N–H and O–H groups in total. The van der Waals surface area contributed by atoms with Gasteiger partial charge in [-0.3, -0.25) is 9.69 Å². The molecular weight excluding hydrogens is 314 g/mol. The predicted octanol–water partition coefficient (Wildman–Crippen LogP) is 1.86. The molecule has 134 valence electrons. The van der Waals surface area contributed by atoms with E-state index in [-0.39, 0.29) is 5.91 Å². The Morgan fingerprint density at radius 1 is 1.24 bits per heavy atom. The molecule has 25 heavy (non-hydrogen) atoms. The summed E-state index contributed by atoms with van der Waals surface area (Å²) in [7, 11) is 0. The summed E-state index contributed by atoms with van der Waals surface area (Å²) in [6.07, 6.45) is 5.14. The van der Waals surface area contributed by atoms with Gasteiger partial charge in [0.2, 0.25) is 5.91 Å². The van der Waals surface area contributed by atoms with Gasteiger partial charge in [-0.25, -0.2) is 4.98 Å². The number of likely N-dealkylation sites (tertiary alicyclic amines) is 1. The SMILES string of the molecule is C[C@@H]1CCC[C@H](C)N1C(=O)CN1CCN(c2cc(C#N)ccn2)CC1. The number of piperidine rings is 1. The molecule has 2 fully saturated rings. The maximum atomic E-state index is 12.7. The van der Waals surface area contributed by atoms with E-state index in [0.717, 1.165) is 44.8 Å². The monoisotopic (exact) mass is 341 g/mol. The van der Waals surface area contributed by atoms with E-state index < -0.39 is 0 Å². The van der Waals surface area contributed by atoms with Crippen LogP contribution >= 0.6 is 0 Å². The van der Waals surface area contributed by atoms with Crippen molar-refractivity contribution in [1.82, 2.24) is 14.8 Å². The first-order valence-corrected chi connectivity index (χ1v) is 9.23. The van der Waals surface area contributed by atoms with E-state index in [1.54, 1.807) is 12.3 Å². The predicted molar refractivity (Wildman–Crippen MR) is 97.2 cm³/mol. The van der Waals surface area contributed by atoms with Crippen LogP contribution in [0.1, 0.15) is 38.7 Å². The van der Waals surface area contributed by atoms with Crippen molar-refractivity contribution >= 4 is 11.7 Å². The maximum Gasteiger partial charge on any atom is 0.237 e. The van der Waals surface area contributed by atoms with Crippen molar-refractivity contribution in [1.29, 1.82) is 5.26 Å². The number of hydrogen-bond acceptors (Lipinski definition) is 5. The summed E-state index contributed by atoms with van der Waals surface area (Å²) in [4.78, 5) is 23.6. The lowest BCUT2D eigenvalue weighted by Crippen LogP contribution is -2.54. The summed E-state index contributed by atoms with van der Waals surface area (Å²) in [5.41, 5.74) is 0.635. The number of carbonyl (C=O) groups is 1. The van der Waals surface area contributed by atoms with Gasteiger partial charge in [0, 0.05) is 44.5 Å². The second-order valence-corrected chi connectivity index (χ2v) is 7.21. The number of nitriles is 1. The smallest absolute Gasteiger partial charge is 0.237 e. The maximum absolute atomic E-state index is 12.7. The minimum atomic E-state index is 0.262. The highest BCUT2D eigenvalue weighted by Crippen LogP contribution is 2.23. The van der Waals surface area contributed by atoms with Crippen molar-refractivity contribution in [2.75, 3.05) is 37.6 Å². The van der Waals surface area contributed by atoms with E-state index in [4.69, 9.17) is 5.26 Å². The minimum absolute atomic E-state index is 0.262. The van der Waals surface area contributed by atoms with Crippen molar-refractivity contribution in [2.45, 2.75) is 45.2 Å². The van der Waals surface area contributed by atoms with Gasteiger partial charge in [-0.15, -0.1) is 0 Å². The normalized spacial score (nSPS) is 24.8. The standard InChI is InChI=1S/C19H27N5O/c1-15-4-3-5-16(2)24(15)19(25)14-22-8-10-23(11-9-22)18-12-17(13-20)6-7-21-18/h6-7,12,15-16H,3-5,8-11,14H2,1-2H3/t15-,16+. The van der Waals surface area contributed by atoms with Crippen LogP contribution in [0, 0.1) is 11.3 Å². The van der Waals surface area contributed by atoms with E-state index in [9.17, 15) is 4.79 Å². The molecule has 3 heterocycles. The summed E-state index contributed by atoms with van der Waals surface area (Å²) in [6, 6.07) is 6.43. The molecule has 0 spiro atoms. The van der Waals surface area contributed by atoms with Gasteiger partial charge in [0.15, 0.2) is 0 Å². The molecule has 2 atom stereocenters. The number of pyridine rings is 1. The summed E-state index contributed by atoms with van der Waals surface area (Å²) in [6.45, 7) is 8.20. The molecule has 2 aliphatic rings. The quantitative estimate of drug-likeness (QED) is 0.840. The molecule has 1 aromatic heterocycles. The molecule has 6 nitrogen and oxygen atoms in total. The van der Waals surface area contributed by atoms with Crippen LogP contribution in [0.25, 0.3) is 0 Å². The Kier molecular flexibility index (Phi) is 5.54. The molecule has 1 aromatic rings. The van der Waals surface area contributed by atoms with Crippen LogP contribution in [-0.2, 0) is 4.79 Å². The van der Waals surface area contributed by atoms with Gasteiger partial charge < -0.3 is 9.80 Å². The third-order valence-electron chi connectivity index (χ3n) is 5.41. The van der Waals surface area contributed by atoms with Crippen LogP contribution in [0.15, 0.2) is 18.3 Å². The molecule has 1 amide bonds. The molecule has 0 unspecified atom stereocenters. The van der Waals surface area contributed by atoms with Gasteiger partial charge in [-0.05, 0) is 45.2 Å². The second-order valence-electron chi connectivity index (χ2n) is 7.21. The lowest BCUT2D eigenvalue weighted by atomic mass is 9.97. The first-order chi connectivity index (χ1) is 12.1. The van der Waals surface area contributed by atoms with Crippen LogP contribution in [0.4, 0.5) is 5.82 Å². The number of aromatic nitrogens is 1. The lowest BCUT2D eigenvalue weighted by molar-refractivity contribution is -0.138. The van der Waals surface area contributed by atoms with Gasteiger partial charge in [0.05, 0.1) is 18.2 Å². The number of hydrogen-bond donors (Lipinski definition) is 0. The highest BCUT2D eigenvalue weighted by atomic mass is 16.2. The van der Waals surface area contributed by atoms with Gasteiger partial charge in [-0.2, -0.15) is 5.26 Å². The molecular formula is C19H27N5O. The number of piperazine rings is 1. The van der Waals surface area contributed by atoms with Gasteiger partial charge in [0.1, 0.15) is 5.82 Å². The van der Waals surface area contributed by atoms with Crippen LogP contribution < -0.4 is 4.90 Å². The Hall–Kier alpha value is -2.13. The highest BCUT2D eigenvalue weighted by Gasteiger charge is 2.30. The number of amides is 1. The third kappa shape index (κ3) is 4.10. The molecule has 6 heteroatoms. The molecule has 3 rings (SSSR count). The summed E-state index contributed by atoms with van der Waals surface area (Å²) in [5, 5.41) is 9.02. The number of rotatable bonds is 3. The summed E-state index contributed by atoms with van der Waals surface area (Å²) in [5.74, 6) is 1.11. The van der Waals surface area contributed by atoms with Crippen LogP contribution in [-0.4, -0.2) is 65.5 Å². The number of carbonyl (C=O) groups excluding carboxylic acids is 1. The van der Waals surface area contributed by atoms with Crippen molar-refractivity contribution in [3.05, 3.63) is 23.9 Å². The first kappa shape index (κ1) is 17.7. The fraction of sp³-hybridized carbons (Fsp3) is 0.632. The average molecular weight is 341 g/mol. The Morgan fingerprint density at radius 3 is 2.56 bits per heavy atom. The molecule has 2 saturated heterocycles. The number of anilines is 1. The summed E-state index contributed by atoms with van der Waals surface area (Å²) < 4.78 is 0. The Bertz CT molecular complexity index is 637. The van der Waals surface area contributed by atoms with Crippen LogP contribution in [0.2, 0.25) is 0 Å². The Balaban J connectivity index is 1.54. The fourth-order valence-corrected chi connectivity index (χ4v) is 3.98. The van der Waals surface area contributed by atoms with E-state index in [1.807, 2.05) is 6.07 Å². The molecule has 0 aromatic carbocycles. The third-order valence-corrected chi connectivity index (χ3v) is 5.41. The fourth-order valence-electron chi connectivity index (χ4n) is 3.98. The van der Waals surface area contributed by atoms with Gasteiger partial charge in [0.25, 0.3) is 0 Å². The van der Waals surface area contributed by atoms with Crippen molar-refractivity contribution < 1.29 is 4.79 Å². The highest BCUT2D eigenvalue weighted by molar-refractivity contribution is 5.79. The minimum Gasteiger partial charge on any atom is -0.354 e. The van der Waals surface area contributed by atoms with E-state index in [2.05, 4.69) is 39.6 Å². The van der Waals surface area contributed by atoms with Crippen LogP contribution in [0.5, 0.6) is 0 Å². The van der Waals surface area contributed by atoms with Gasteiger partial charge >= 0.3 is 0 Å². The zero-order valence-electron chi connectivity index (χ0n) is 15.2. The van der Waals surface area contributed by atoms with Crippen molar-refractivity contribution in [3.8, 4) is 6.07 Å². The molecule has 0 bridgehead atoms. The molecule has 0 radical (unpaired) electrons. The Morgan fingerprint density at radius 2 is 1.92 bits per heavy atom. The lowest BCUT2D eigenvalue weighted by Gasteiger charge is -2.41. The van der Waals surface area contributed by atoms with Crippen molar-refractivity contribution in [2.24, 2.45) is 0 Å². The molecule has 2 aliphatic heterocycles. The van der Waals surface area contributed by atoms with E-state index in [1.165, 1.54) is 6.42 Å². The summed E-state index contributed by atoms with van der Waals surface area (Å²) >= 11 is 0. The zero-order valence-corrected chi connectivity index (χ0v) is 15.2. The van der Waals surface area contributed by atoms with E-state index >= 15 is 0 Å². The average Bonchev–Trinajstić information content (AvgIpc) is 2.62. The van der Waals surface area contributed by atoms with E-state index in [0.29, 0.717) is 24.2 Å². The molecule has 0 saturated carbocycles. The number of nitrogens with zero attached hydrogens (tertiary/aromatic N) is 5. The van der Waals surface area contributed by atoms with Gasteiger partial charge in [-0.1, -0.05) is 0 Å².